The SMILES string of the molecule is CCCCCC/C=C\C=C/CCCCCCCC(=O)O[C@H](COC(=O)CCCCCCC)COP(=O)(O)OC[C@H](O)COP(=O)(O)OC[C@@H](COC(=O)CCCCCCCCCCCCCCCC(C)C)OC(=O)CCCCCCCCCCCCCCCCCCCCCCCC. The molecule has 0 aromatic carbocycles. The molecule has 3 N–H and O–H groups in total. The number of aliphatic hydroxyl groups excluding tert-OH is 1. The van der Waals surface area contributed by atoms with Gasteiger partial charge >= 0.3 is 39.5 Å². The lowest BCUT2D eigenvalue weighted by molar-refractivity contribution is -0.161. The molecule has 0 saturated heterocycles. The summed E-state index contributed by atoms with van der Waals surface area (Å²) in [6, 6.07) is 0. The summed E-state index contributed by atoms with van der Waals surface area (Å²) in [5.41, 5.74) is 0. The number of aliphatic hydroxyl groups is 1. The average molecular weight is 1430 g/mol. The lowest BCUT2D eigenvalue weighted by Crippen LogP contribution is -2.30. The van der Waals surface area contributed by atoms with Crippen LogP contribution in [0.4, 0.5) is 0 Å². The maximum absolute atomic E-state index is 13.1. The van der Waals surface area contributed by atoms with Crippen LogP contribution in [0.1, 0.15) is 394 Å². The maximum atomic E-state index is 13.1. The predicted octanol–water partition coefficient (Wildman–Crippen LogP) is 23.2. The summed E-state index contributed by atoms with van der Waals surface area (Å²) >= 11 is 0. The number of esters is 4. The lowest BCUT2D eigenvalue weighted by Gasteiger charge is -2.21. The molecular weight excluding hydrogens is 1280 g/mol. The highest BCUT2D eigenvalue weighted by atomic mass is 31.2. The highest BCUT2D eigenvalue weighted by Crippen LogP contribution is 2.45. The van der Waals surface area contributed by atoms with E-state index >= 15 is 0 Å². The highest BCUT2D eigenvalue weighted by molar-refractivity contribution is 7.47. The molecule has 19 heteroatoms. The first kappa shape index (κ1) is 95.5. The van der Waals surface area contributed by atoms with Crippen LogP contribution in [0.2, 0.25) is 0 Å². The number of rotatable bonds is 77. The Kier molecular flexibility index (Phi) is 69.7. The van der Waals surface area contributed by atoms with Gasteiger partial charge in [-0.2, -0.15) is 0 Å². The minimum Gasteiger partial charge on any atom is -0.462 e. The Labute approximate surface area is 599 Å². The maximum Gasteiger partial charge on any atom is 0.472 e. The Bertz CT molecular complexity index is 1970. The van der Waals surface area contributed by atoms with Crippen LogP contribution >= 0.6 is 15.6 Å². The minimum absolute atomic E-state index is 0.0844. The number of allylic oxidation sites excluding steroid dienone is 4. The van der Waals surface area contributed by atoms with E-state index in [1.165, 1.54) is 199 Å². The third-order valence-electron chi connectivity index (χ3n) is 17.9. The third kappa shape index (κ3) is 71.9. The van der Waals surface area contributed by atoms with Crippen LogP contribution in [0.15, 0.2) is 24.3 Å². The van der Waals surface area contributed by atoms with Gasteiger partial charge < -0.3 is 33.8 Å². The number of carbonyl (C=O) groups is 4. The van der Waals surface area contributed by atoms with Crippen molar-refractivity contribution < 1.29 is 80.2 Å². The second kappa shape index (κ2) is 71.5. The molecule has 0 aromatic heterocycles. The van der Waals surface area contributed by atoms with E-state index in [1.807, 2.05) is 0 Å². The predicted molar refractivity (Wildman–Crippen MR) is 400 cm³/mol. The molecule has 0 fully saturated rings. The first-order valence-electron chi connectivity index (χ1n) is 40.5. The van der Waals surface area contributed by atoms with Crippen molar-refractivity contribution in [3.8, 4) is 0 Å². The molecule has 0 aliphatic rings. The summed E-state index contributed by atoms with van der Waals surface area (Å²) in [6.45, 7) is 7.17. The molecule has 0 saturated carbocycles. The van der Waals surface area contributed by atoms with Gasteiger partial charge in [-0.05, 0) is 57.3 Å². The van der Waals surface area contributed by atoms with Gasteiger partial charge in [0.2, 0.25) is 0 Å². The number of unbranched alkanes of at least 4 members (excludes halogenated alkanes) is 46. The van der Waals surface area contributed by atoms with Gasteiger partial charge in [-0.1, -0.05) is 341 Å². The molecule has 0 rings (SSSR count). The van der Waals surface area contributed by atoms with Gasteiger partial charge in [-0.3, -0.25) is 37.3 Å². The molecule has 2 unspecified atom stereocenters. The van der Waals surface area contributed by atoms with Gasteiger partial charge in [0.05, 0.1) is 26.4 Å². The Balaban J connectivity index is 5.14. The van der Waals surface area contributed by atoms with Gasteiger partial charge in [0.25, 0.3) is 0 Å². The van der Waals surface area contributed by atoms with Crippen molar-refractivity contribution in [1.82, 2.24) is 0 Å². The Hall–Kier alpha value is -2.46. The Morgan fingerprint density at radius 2 is 0.551 bits per heavy atom. The molecule has 0 aromatic rings. The van der Waals surface area contributed by atoms with Crippen LogP contribution in [0.25, 0.3) is 0 Å². The van der Waals surface area contributed by atoms with E-state index in [9.17, 15) is 43.2 Å². The summed E-state index contributed by atoms with van der Waals surface area (Å²) in [6.07, 6.45) is 65.2. The van der Waals surface area contributed by atoms with E-state index in [-0.39, 0.29) is 25.7 Å². The van der Waals surface area contributed by atoms with E-state index in [2.05, 4.69) is 58.9 Å². The molecule has 0 aliphatic heterocycles. The third-order valence-corrected chi connectivity index (χ3v) is 19.8. The van der Waals surface area contributed by atoms with Crippen molar-refractivity contribution in [3.05, 3.63) is 24.3 Å². The molecule has 5 atom stereocenters. The molecule has 0 radical (unpaired) electrons. The molecule has 98 heavy (non-hydrogen) atoms. The summed E-state index contributed by atoms with van der Waals surface area (Å²) in [7, 11) is -9.92. The highest BCUT2D eigenvalue weighted by Gasteiger charge is 2.30. The van der Waals surface area contributed by atoms with Crippen LogP contribution in [0.5, 0.6) is 0 Å². The van der Waals surface area contributed by atoms with E-state index in [4.69, 9.17) is 37.0 Å². The number of carbonyl (C=O) groups excluding carboxylic acids is 4. The fourth-order valence-corrected chi connectivity index (χ4v) is 13.3. The monoisotopic (exact) mass is 1430 g/mol. The molecule has 0 spiro atoms. The number of phosphoric ester groups is 2. The zero-order chi connectivity index (χ0) is 71.9. The number of hydrogen-bond acceptors (Lipinski definition) is 15. The van der Waals surface area contributed by atoms with Gasteiger partial charge in [0, 0.05) is 25.7 Å². The van der Waals surface area contributed by atoms with Crippen molar-refractivity contribution in [3.63, 3.8) is 0 Å². The van der Waals surface area contributed by atoms with Crippen molar-refractivity contribution in [2.24, 2.45) is 5.92 Å². The summed E-state index contributed by atoms with van der Waals surface area (Å²) < 4.78 is 68.3. The standard InChI is InChI=1S/C79H150O17P2/c1-6-9-12-15-17-19-21-23-25-26-27-28-29-30-31-33-37-42-46-50-55-60-65-79(84)96-75(69-90-77(82)63-58-53-48-44-40-38-34-35-39-43-47-52-56-61-72(4)5)71-94-98(87,88)92-67-73(80)66-91-97(85,86)93-70-74(68-89-76(81)62-57-51-14-11-8-3)95-78(83)64-59-54-49-45-41-36-32-24-22-20-18-16-13-10-7-2/h20,22,24,32,72-75,80H,6-19,21,23,25-31,33-71H2,1-5H3,(H,85,86)(H,87,88)/b22-20-,32-24-/t73-,74+,75+/m0/s1. The number of hydrogen-bond donors (Lipinski definition) is 3. The van der Waals surface area contributed by atoms with Crippen molar-refractivity contribution in [1.29, 1.82) is 0 Å². The average Bonchev–Trinajstić information content (AvgIpc) is 1.02. The molecule has 17 nitrogen and oxygen atoms in total. The van der Waals surface area contributed by atoms with Crippen LogP contribution in [-0.2, 0) is 65.4 Å². The molecular formula is C79H150O17P2. The molecule has 0 bridgehead atoms. The lowest BCUT2D eigenvalue weighted by atomic mass is 10.0. The van der Waals surface area contributed by atoms with E-state index in [1.54, 1.807) is 0 Å². The topological polar surface area (TPSA) is 237 Å². The van der Waals surface area contributed by atoms with Crippen LogP contribution in [0.3, 0.4) is 0 Å². The van der Waals surface area contributed by atoms with Crippen molar-refractivity contribution in [2.75, 3.05) is 39.6 Å². The number of phosphoric acid groups is 2. The van der Waals surface area contributed by atoms with Gasteiger partial charge in [-0.25, -0.2) is 9.13 Å². The second-order valence-electron chi connectivity index (χ2n) is 28.2. The van der Waals surface area contributed by atoms with E-state index in [0.29, 0.717) is 25.7 Å². The molecule has 0 amide bonds. The van der Waals surface area contributed by atoms with Crippen LogP contribution in [-0.4, -0.2) is 96.7 Å². The van der Waals surface area contributed by atoms with Gasteiger partial charge in [0.15, 0.2) is 12.2 Å². The molecule has 0 heterocycles. The Morgan fingerprint density at radius 3 is 0.837 bits per heavy atom. The van der Waals surface area contributed by atoms with E-state index in [0.717, 1.165) is 115 Å². The summed E-state index contributed by atoms with van der Waals surface area (Å²) in [4.78, 5) is 72.6. The fourth-order valence-electron chi connectivity index (χ4n) is 11.7. The van der Waals surface area contributed by atoms with Crippen LogP contribution in [0, 0.1) is 5.92 Å². The van der Waals surface area contributed by atoms with Gasteiger partial charge in [-0.15, -0.1) is 0 Å². The number of ether oxygens (including phenoxy) is 4. The minimum atomic E-state index is -4.96. The van der Waals surface area contributed by atoms with E-state index < -0.39 is 97.5 Å². The second-order valence-corrected chi connectivity index (χ2v) is 31.2. The first-order valence-corrected chi connectivity index (χ1v) is 43.4. The molecule has 578 valence electrons. The van der Waals surface area contributed by atoms with Gasteiger partial charge in [0.1, 0.15) is 19.3 Å². The summed E-state index contributed by atoms with van der Waals surface area (Å²) in [5, 5.41) is 10.6. The first-order chi connectivity index (χ1) is 47.5. The van der Waals surface area contributed by atoms with Crippen molar-refractivity contribution >= 4 is 39.5 Å². The largest absolute Gasteiger partial charge is 0.472 e. The zero-order valence-corrected chi connectivity index (χ0v) is 65.2. The quantitative estimate of drug-likeness (QED) is 0.0169. The molecule has 0 aliphatic carbocycles. The summed E-state index contributed by atoms with van der Waals surface area (Å²) in [5.74, 6) is -1.36. The normalized spacial score (nSPS) is 14.1. The smallest absolute Gasteiger partial charge is 0.462 e. The zero-order valence-electron chi connectivity index (χ0n) is 63.4. The van der Waals surface area contributed by atoms with Crippen molar-refractivity contribution in [2.45, 2.75) is 412 Å². The van der Waals surface area contributed by atoms with Crippen LogP contribution < -0.4 is 0 Å². The fraction of sp³-hybridized carbons (Fsp3) is 0.899. The Morgan fingerprint density at radius 1 is 0.316 bits per heavy atom.